The van der Waals surface area contributed by atoms with Gasteiger partial charge in [0.25, 0.3) is 0 Å². The fraction of sp³-hybridized carbons (Fsp3) is 0.750. The maximum absolute atomic E-state index is 10.9. The van der Waals surface area contributed by atoms with Crippen molar-refractivity contribution in [2.45, 2.75) is 26.4 Å². The highest BCUT2D eigenvalue weighted by Gasteiger charge is 2.10. The molecule has 2 atom stereocenters. The van der Waals surface area contributed by atoms with Crippen molar-refractivity contribution in [3.8, 4) is 0 Å². The summed E-state index contributed by atoms with van der Waals surface area (Å²) in [6, 6.07) is 0. The minimum absolute atomic E-state index is 0.764. The number of carbonyl (C=O) groups is 2. The third-order valence-corrected chi connectivity index (χ3v) is 1.41. The molecule has 2 unspecified atom stereocenters. The zero-order valence-electron chi connectivity index (χ0n) is 9.50. The van der Waals surface area contributed by atoms with Gasteiger partial charge < -0.3 is 18.9 Å². The second kappa shape index (κ2) is 7.71. The number of nitrogens with zero attached hydrogens (tertiary/aromatic N) is 2. The Hall–Kier alpha value is -1.54. The first-order valence-electron chi connectivity index (χ1n) is 4.38. The molecule has 0 N–H and O–H groups in total. The summed E-state index contributed by atoms with van der Waals surface area (Å²) in [4.78, 5) is 21.7. The molecule has 8 heteroatoms. The van der Waals surface area contributed by atoms with E-state index in [-0.39, 0.29) is 0 Å². The average Bonchev–Trinajstić information content (AvgIpc) is 2.26. The van der Waals surface area contributed by atoms with Gasteiger partial charge in [-0.15, -0.1) is 0 Å². The van der Waals surface area contributed by atoms with E-state index >= 15 is 0 Å². The van der Waals surface area contributed by atoms with E-state index in [1.807, 2.05) is 0 Å². The number of azo groups is 1. The molecule has 0 heterocycles. The fourth-order valence-electron chi connectivity index (χ4n) is 0.509. The lowest BCUT2D eigenvalue weighted by molar-refractivity contribution is -0.0681. The monoisotopic (exact) mass is 234 g/mol. The van der Waals surface area contributed by atoms with Crippen LogP contribution in [0, 0.1) is 0 Å². The maximum atomic E-state index is 10.9. The molecule has 92 valence electrons. The SMILES string of the molecule is COC(C)OC(=O)/N=N/C(=O)OC(C)OC. The molecule has 0 aliphatic heterocycles. The summed E-state index contributed by atoms with van der Waals surface area (Å²) in [5.74, 6) is 0. The highest BCUT2D eigenvalue weighted by molar-refractivity contribution is 5.73. The van der Waals surface area contributed by atoms with E-state index in [1.54, 1.807) is 0 Å². The third-order valence-electron chi connectivity index (χ3n) is 1.41. The Balaban J connectivity index is 3.98. The van der Waals surface area contributed by atoms with Crippen molar-refractivity contribution in [1.29, 1.82) is 0 Å². The van der Waals surface area contributed by atoms with Gasteiger partial charge in [0.05, 0.1) is 0 Å². The van der Waals surface area contributed by atoms with Gasteiger partial charge in [0.2, 0.25) is 12.6 Å². The molecule has 0 aliphatic carbocycles. The van der Waals surface area contributed by atoms with Crippen molar-refractivity contribution >= 4 is 12.2 Å². The van der Waals surface area contributed by atoms with Gasteiger partial charge in [-0.3, -0.25) is 0 Å². The van der Waals surface area contributed by atoms with Gasteiger partial charge in [-0.1, -0.05) is 10.2 Å². The average molecular weight is 234 g/mol. The highest BCUT2D eigenvalue weighted by atomic mass is 16.7. The molecule has 8 nitrogen and oxygen atoms in total. The van der Waals surface area contributed by atoms with Crippen LogP contribution in [0.3, 0.4) is 0 Å². The normalized spacial score (nSPS) is 14.5. The number of rotatable bonds is 4. The first-order chi connectivity index (χ1) is 7.49. The highest BCUT2D eigenvalue weighted by Crippen LogP contribution is 1.98. The molecule has 0 fully saturated rings. The molecule has 0 aromatic carbocycles. The summed E-state index contributed by atoms with van der Waals surface area (Å²) in [5, 5.41) is 5.91. The van der Waals surface area contributed by atoms with Crippen LogP contribution in [0.25, 0.3) is 0 Å². The molecule has 0 aromatic heterocycles. The molecule has 2 amide bonds. The van der Waals surface area contributed by atoms with E-state index in [4.69, 9.17) is 0 Å². The molecule has 0 aromatic rings. The Kier molecular flexibility index (Phi) is 6.97. The standard InChI is InChI=1S/C8H14N2O6/c1-5(13-3)15-7(11)9-10-8(12)16-6(2)14-4/h5-6H,1-4H3/b10-9+. The van der Waals surface area contributed by atoms with E-state index in [0.29, 0.717) is 0 Å². The topological polar surface area (TPSA) is 95.8 Å². The Morgan fingerprint density at radius 2 is 1.19 bits per heavy atom. The zero-order valence-corrected chi connectivity index (χ0v) is 9.50. The maximum Gasteiger partial charge on any atom is 0.454 e. The van der Waals surface area contributed by atoms with Crippen LogP contribution in [-0.2, 0) is 18.9 Å². The van der Waals surface area contributed by atoms with Crippen LogP contribution in [-0.4, -0.2) is 39.0 Å². The van der Waals surface area contributed by atoms with Gasteiger partial charge in [-0.25, -0.2) is 9.59 Å². The van der Waals surface area contributed by atoms with Crippen molar-refractivity contribution in [2.75, 3.05) is 14.2 Å². The van der Waals surface area contributed by atoms with E-state index in [2.05, 4.69) is 29.2 Å². The number of carbonyl (C=O) groups excluding carboxylic acids is 2. The molecule has 0 saturated heterocycles. The van der Waals surface area contributed by atoms with Gasteiger partial charge >= 0.3 is 12.2 Å². The van der Waals surface area contributed by atoms with Crippen LogP contribution in [0.4, 0.5) is 9.59 Å². The first-order valence-corrected chi connectivity index (χ1v) is 4.38. The lowest BCUT2D eigenvalue weighted by atomic mass is 10.7. The molecular formula is C8H14N2O6. The Labute approximate surface area is 92.5 Å². The van der Waals surface area contributed by atoms with Crippen molar-refractivity contribution in [3.05, 3.63) is 0 Å². The van der Waals surface area contributed by atoms with Crippen LogP contribution in [0.2, 0.25) is 0 Å². The zero-order chi connectivity index (χ0) is 12.6. The first kappa shape index (κ1) is 14.5. The number of hydrogen-bond acceptors (Lipinski definition) is 6. The van der Waals surface area contributed by atoms with Gasteiger partial charge in [0, 0.05) is 14.2 Å². The number of hydrogen-bond donors (Lipinski definition) is 0. The molecule has 0 bridgehead atoms. The third kappa shape index (κ3) is 6.85. The summed E-state index contributed by atoms with van der Waals surface area (Å²) in [6.45, 7) is 2.97. The van der Waals surface area contributed by atoms with E-state index in [9.17, 15) is 9.59 Å². The Bertz CT molecular complexity index is 241. The second-order valence-corrected chi connectivity index (χ2v) is 2.57. The molecule has 0 saturated carbocycles. The van der Waals surface area contributed by atoms with E-state index in [0.717, 1.165) is 0 Å². The predicted molar refractivity (Wildman–Crippen MR) is 50.8 cm³/mol. The van der Waals surface area contributed by atoms with Crippen molar-refractivity contribution in [2.24, 2.45) is 10.2 Å². The van der Waals surface area contributed by atoms with Crippen molar-refractivity contribution in [3.63, 3.8) is 0 Å². The number of amides is 2. The molecular weight excluding hydrogens is 220 g/mol. The van der Waals surface area contributed by atoms with Crippen LogP contribution in [0.5, 0.6) is 0 Å². The summed E-state index contributed by atoms with van der Waals surface area (Å²) < 4.78 is 18.3. The Morgan fingerprint density at radius 1 is 0.875 bits per heavy atom. The lowest BCUT2D eigenvalue weighted by Crippen LogP contribution is -2.15. The van der Waals surface area contributed by atoms with E-state index < -0.39 is 24.8 Å². The molecule has 0 aliphatic rings. The lowest BCUT2D eigenvalue weighted by Gasteiger charge is -2.08. The fourth-order valence-corrected chi connectivity index (χ4v) is 0.509. The van der Waals surface area contributed by atoms with Crippen LogP contribution < -0.4 is 0 Å². The summed E-state index contributed by atoms with van der Waals surface area (Å²) in [6.07, 6.45) is -3.62. The summed E-state index contributed by atoms with van der Waals surface area (Å²) in [7, 11) is 2.70. The smallest absolute Gasteiger partial charge is 0.417 e. The largest absolute Gasteiger partial charge is 0.454 e. The quantitative estimate of drug-likeness (QED) is 0.542. The van der Waals surface area contributed by atoms with Crippen molar-refractivity contribution in [1.82, 2.24) is 0 Å². The van der Waals surface area contributed by atoms with Crippen LogP contribution >= 0.6 is 0 Å². The molecule has 0 spiro atoms. The minimum atomic E-state index is -1.05. The van der Waals surface area contributed by atoms with Gasteiger partial charge in [-0.05, 0) is 13.8 Å². The van der Waals surface area contributed by atoms with E-state index in [1.165, 1.54) is 28.1 Å². The number of methoxy groups -OCH3 is 2. The Morgan fingerprint density at radius 3 is 1.44 bits per heavy atom. The van der Waals surface area contributed by atoms with Gasteiger partial charge in [0.1, 0.15) is 0 Å². The van der Waals surface area contributed by atoms with Crippen molar-refractivity contribution < 1.29 is 28.5 Å². The summed E-state index contributed by atoms with van der Waals surface area (Å²) in [5.41, 5.74) is 0. The van der Waals surface area contributed by atoms with Crippen LogP contribution in [0.1, 0.15) is 13.8 Å². The van der Waals surface area contributed by atoms with Gasteiger partial charge in [0.15, 0.2) is 0 Å². The molecule has 0 radical (unpaired) electrons. The molecule has 16 heavy (non-hydrogen) atoms. The number of ether oxygens (including phenoxy) is 4. The van der Waals surface area contributed by atoms with Gasteiger partial charge in [-0.2, -0.15) is 0 Å². The predicted octanol–water partition coefficient (Wildman–Crippen LogP) is 1.70. The molecule has 0 rings (SSSR count). The minimum Gasteiger partial charge on any atom is -0.417 e. The van der Waals surface area contributed by atoms with Crippen LogP contribution in [0.15, 0.2) is 10.2 Å². The summed E-state index contributed by atoms with van der Waals surface area (Å²) >= 11 is 0. The second-order valence-electron chi connectivity index (χ2n) is 2.57.